The van der Waals surface area contributed by atoms with Crippen molar-refractivity contribution in [3.63, 3.8) is 0 Å². The number of allylic oxidation sites excluding steroid dienone is 1. The third-order valence-electron chi connectivity index (χ3n) is 9.47. The summed E-state index contributed by atoms with van der Waals surface area (Å²) in [6.07, 6.45) is 6.25. The third kappa shape index (κ3) is 11.8. The molecule has 2 N–H and O–H groups in total. The Kier molecular flexibility index (Phi) is 15.7. The van der Waals surface area contributed by atoms with Crippen molar-refractivity contribution in [2.24, 2.45) is 0 Å². The zero-order valence-electron chi connectivity index (χ0n) is 35.6. The van der Waals surface area contributed by atoms with Gasteiger partial charge in [-0.05, 0) is 65.0 Å². The summed E-state index contributed by atoms with van der Waals surface area (Å²) in [7, 11) is 2.49. The minimum atomic E-state index is -0.752. The molecule has 4 aromatic rings. The van der Waals surface area contributed by atoms with E-state index in [4.69, 9.17) is 23.9 Å². The van der Waals surface area contributed by atoms with Gasteiger partial charge in [0.05, 0.1) is 58.6 Å². The van der Waals surface area contributed by atoms with E-state index in [-0.39, 0.29) is 60.3 Å². The first-order chi connectivity index (χ1) is 29.1. The van der Waals surface area contributed by atoms with Gasteiger partial charge in [-0.2, -0.15) is 0 Å². The number of benzene rings is 2. The Bertz CT molecular complexity index is 2290. The van der Waals surface area contributed by atoms with Crippen LogP contribution in [0.1, 0.15) is 75.2 Å². The maximum atomic E-state index is 13.6. The first kappa shape index (κ1) is 46.3. The minimum absolute atomic E-state index is 0.0374. The van der Waals surface area contributed by atoms with E-state index in [2.05, 4.69) is 20.5 Å². The standard InChI is InChI=1S/C41H52N8O10S2/c1-9-28-35(61-25(2)43-28)36(50)45-39-44-29-21-26(37(51)56-6)24-32(60-8)34(29)48(39)15-11-10-13-42-33-30(49(54)55)22-27(38(52)57-7)23-31(33)58-20-12-14-46-16-18-47(19-17-46)40(53)59-41(3,4)5/h10-11,21-24,42H,9,12-20H2,1-8H3,(H,44,45,50)/b11-10+. The fraction of sp³-hybridized carbons (Fsp3) is 0.463. The Morgan fingerprint density at radius 2 is 1.69 bits per heavy atom. The highest BCUT2D eigenvalue weighted by molar-refractivity contribution is 7.98. The van der Waals surface area contributed by atoms with Crippen LogP contribution in [0.15, 0.2) is 41.3 Å². The molecular formula is C41H52N8O10S2. The molecule has 20 heteroatoms. The first-order valence-electron chi connectivity index (χ1n) is 19.6. The van der Waals surface area contributed by atoms with Crippen LogP contribution in [0.5, 0.6) is 5.75 Å². The number of nitro groups is 1. The lowest BCUT2D eigenvalue weighted by atomic mass is 10.1. The summed E-state index contributed by atoms with van der Waals surface area (Å²) in [5.74, 6) is -1.28. The van der Waals surface area contributed by atoms with Crippen LogP contribution in [0.2, 0.25) is 0 Å². The van der Waals surface area contributed by atoms with E-state index in [1.807, 2.05) is 51.5 Å². The Hall–Kier alpha value is -5.73. The summed E-state index contributed by atoms with van der Waals surface area (Å²) in [5, 5.41) is 19.1. The summed E-state index contributed by atoms with van der Waals surface area (Å²) in [4.78, 5) is 77.1. The van der Waals surface area contributed by atoms with Crippen molar-refractivity contribution in [3.05, 3.63) is 73.2 Å². The number of amides is 2. The number of nitrogens with one attached hydrogen (secondary N) is 2. The summed E-state index contributed by atoms with van der Waals surface area (Å²) in [6.45, 7) is 12.8. The highest BCUT2D eigenvalue weighted by atomic mass is 32.2. The number of piperazine rings is 1. The van der Waals surface area contributed by atoms with Gasteiger partial charge >= 0.3 is 18.0 Å². The van der Waals surface area contributed by atoms with Crippen molar-refractivity contribution < 1.29 is 43.0 Å². The number of hydrogen-bond acceptors (Lipinski definition) is 16. The normalized spacial score (nSPS) is 13.3. The number of nitrogens with zero attached hydrogens (tertiary/aromatic N) is 6. The van der Waals surface area contributed by atoms with Gasteiger partial charge in [0.2, 0.25) is 5.95 Å². The topological polar surface area (TPSA) is 210 Å². The van der Waals surface area contributed by atoms with Crippen molar-refractivity contribution in [2.45, 2.75) is 64.5 Å². The van der Waals surface area contributed by atoms with Crippen molar-refractivity contribution in [3.8, 4) is 5.75 Å². The van der Waals surface area contributed by atoms with Crippen LogP contribution in [0.25, 0.3) is 11.0 Å². The number of fused-ring (bicyclic) bond motifs is 1. The molecule has 5 rings (SSSR count). The van der Waals surface area contributed by atoms with Crippen LogP contribution in [0.3, 0.4) is 0 Å². The molecule has 3 heterocycles. The van der Waals surface area contributed by atoms with E-state index >= 15 is 0 Å². The number of carbonyl (C=O) groups excluding carboxylic acids is 4. The molecule has 18 nitrogen and oxygen atoms in total. The maximum Gasteiger partial charge on any atom is 0.410 e. The third-order valence-corrected chi connectivity index (χ3v) is 11.2. The SMILES string of the molecule is CCc1nc(C)sc1C(=O)Nc1nc2cc(C(=O)OC)cc(SC)c2n1C/C=C/CNc1c(OCCCN2CCN(C(=O)OC(C)(C)C)CC2)cc(C(=O)OC)cc1[N+](=O)[O-]. The van der Waals surface area contributed by atoms with Crippen LogP contribution >= 0.6 is 23.1 Å². The first-order valence-corrected chi connectivity index (χ1v) is 21.7. The Morgan fingerprint density at radius 3 is 2.31 bits per heavy atom. The fourth-order valence-corrected chi connectivity index (χ4v) is 8.14. The average Bonchev–Trinajstić information content (AvgIpc) is 3.79. The molecule has 1 aliphatic rings. The number of esters is 2. The molecule has 2 amide bonds. The number of rotatable bonds is 17. The number of ether oxygens (including phenoxy) is 4. The number of anilines is 2. The van der Waals surface area contributed by atoms with Gasteiger partial charge in [-0.1, -0.05) is 19.1 Å². The van der Waals surface area contributed by atoms with Crippen molar-refractivity contribution >= 4 is 75.4 Å². The lowest BCUT2D eigenvalue weighted by Gasteiger charge is -2.35. The summed E-state index contributed by atoms with van der Waals surface area (Å²) in [5.41, 5.74) is 1.24. The van der Waals surface area contributed by atoms with Crippen LogP contribution < -0.4 is 15.4 Å². The molecular weight excluding hydrogens is 829 g/mol. The second-order valence-corrected chi connectivity index (χ2v) is 16.9. The highest BCUT2D eigenvalue weighted by Gasteiger charge is 2.27. The average molecular weight is 881 g/mol. The van der Waals surface area contributed by atoms with Crippen molar-refractivity contribution in [2.75, 3.05) is 77.0 Å². The quantitative estimate of drug-likeness (QED) is 0.0212. The number of aryl methyl sites for hydroxylation is 2. The molecule has 0 spiro atoms. The molecule has 0 atom stereocenters. The van der Waals surface area contributed by atoms with Gasteiger partial charge in [0.25, 0.3) is 11.6 Å². The number of aromatic nitrogens is 3. The molecule has 2 aromatic heterocycles. The molecule has 0 unspecified atom stereocenters. The number of imidazole rings is 1. The largest absolute Gasteiger partial charge is 0.491 e. The predicted molar refractivity (Wildman–Crippen MR) is 233 cm³/mol. The van der Waals surface area contributed by atoms with E-state index in [1.165, 1.54) is 43.4 Å². The monoisotopic (exact) mass is 880 g/mol. The number of nitro benzene ring substituents is 1. The van der Waals surface area contributed by atoms with E-state index in [0.717, 1.165) is 16.0 Å². The van der Waals surface area contributed by atoms with E-state index in [9.17, 15) is 29.3 Å². The van der Waals surface area contributed by atoms with Gasteiger partial charge in [-0.15, -0.1) is 23.1 Å². The molecule has 0 saturated carbocycles. The van der Waals surface area contributed by atoms with Gasteiger partial charge in [-0.3, -0.25) is 25.1 Å². The van der Waals surface area contributed by atoms with E-state index < -0.39 is 22.5 Å². The number of hydrogen-bond donors (Lipinski definition) is 2. The second kappa shape index (κ2) is 20.7. The predicted octanol–water partition coefficient (Wildman–Crippen LogP) is 6.81. The molecule has 61 heavy (non-hydrogen) atoms. The maximum absolute atomic E-state index is 13.6. The molecule has 1 fully saturated rings. The number of methoxy groups -OCH3 is 2. The number of thiazole rings is 1. The molecule has 0 radical (unpaired) electrons. The lowest BCUT2D eigenvalue weighted by Crippen LogP contribution is -2.50. The van der Waals surface area contributed by atoms with E-state index in [1.54, 1.807) is 23.1 Å². The van der Waals surface area contributed by atoms with Gasteiger partial charge in [0.15, 0.2) is 5.69 Å². The number of thioether (sulfide) groups is 1. The fourth-order valence-electron chi connectivity index (χ4n) is 6.59. The van der Waals surface area contributed by atoms with Crippen LogP contribution in [-0.4, -0.2) is 125 Å². The Balaban J connectivity index is 1.33. The zero-order valence-corrected chi connectivity index (χ0v) is 37.3. The van der Waals surface area contributed by atoms with Crippen LogP contribution in [-0.2, 0) is 27.2 Å². The number of carbonyl (C=O) groups is 4. The second-order valence-electron chi connectivity index (χ2n) is 14.9. The summed E-state index contributed by atoms with van der Waals surface area (Å²) < 4.78 is 23.2. The van der Waals surface area contributed by atoms with Crippen molar-refractivity contribution in [1.29, 1.82) is 0 Å². The Morgan fingerprint density at radius 1 is 1.00 bits per heavy atom. The zero-order chi connectivity index (χ0) is 44.4. The van der Waals surface area contributed by atoms with Gasteiger partial charge in [0, 0.05) is 56.8 Å². The summed E-state index contributed by atoms with van der Waals surface area (Å²) >= 11 is 2.70. The molecule has 0 bridgehead atoms. The molecule has 0 aliphatic carbocycles. The highest BCUT2D eigenvalue weighted by Crippen LogP contribution is 2.37. The molecule has 1 saturated heterocycles. The lowest BCUT2D eigenvalue weighted by molar-refractivity contribution is -0.384. The van der Waals surface area contributed by atoms with Gasteiger partial charge in [0.1, 0.15) is 16.2 Å². The van der Waals surface area contributed by atoms with Gasteiger partial charge in [-0.25, -0.2) is 24.4 Å². The van der Waals surface area contributed by atoms with Crippen molar-refractivity contribution in [1.82, 2.24) is 24.3 Å². The summed E-state index contributed by atoms with van der Waals surface area (Å²) in [6, 6.07) is 5.87. The molecule has 328 valence electrons. The van der Waals surface area contributed by atoms with Crippen LogP contribution in [0, 0.1) is 17.0 Å². The molecule has 1 aliphatic heterocycles. The molecule has 2 aromatic carbocycles. The smallest absolute Gasteiger partial charge is 0.410 e. The minimum Gasteiger partial charge on any atom is -0.491 e. The van der Waals surface area contributed by atoms with Gasteiger partial charge < -0.3 is 33.7 Å². The Labute approximate surface area is 362 Å². The van der Waals surface area contributed by atoms with E-state index in [0.29, 0.717) is 72.7 Å². The van der Waals surface area contributed by atoms with Crippen LogP contribution in [0.4, 0.5) is 22.1 Å².